The number of aromatic hydroxyl groups is 1. The van der Waals surface area contributed by atoms with E-state index in [2.05, 4.69) is 20.1 Å². The van der Waals surface area contributed by atoms with Gasteiger partial charge < -0.3 is 15.7 Å². The lowest BCUT2D eigenvalue weighted by molar-refractivity contribution is -0.117. The highest BCUT2D eigenvalue weighted by molar-refractivity contribution is 7.90. The van der Waals surface area contributed by atoms with Crippen molar-refractivity contribution < 1.29 is 18.3 Å². The normalized spacial score (nSPS) is 16.2. The molecule has 0 bridgehead atoms. The minimum absolute atomic E-state index is 0.0366. The number of aromatic nitrogens is 2. The molecule has 12 heteroatoms. The van der Waals surface area contributed by atoms with E-state index in [1.165, 1.54) is 28.2 Å². The number of fused-ring (bicyclic) bond motifs is 1. The molecule has 1 aliphatic heterocycles. The van der Waals surface area contributed by atoms with Gasteiger partial charge in [0.1, 0.15) is 16.2 Å². The number of benzene rings is 1. The van der Waals surface area contributed by atoms with Gasteiger partial charge in [-0.25, -0.2) is 4.68 Å². The van der Waals surface area contributed by atoms with Gasteiger partial charge in [0.15, 0.2) is 11.6 Å². The molecular weight excluding hydrogens is 502 g/mol. The van der Waals surface area contributed by atoms with E-state index < -0.39 is 21.3 Å². The highest BCUT2D eigenvalue weighted by Crippen LogP contribution is 2.36. The van der Waals surface area contributed by atoms with Crippen LogP contribution in [-0.4, -0.2) is 35.0 Å². The summed E-state index contributed by atoms with van der Waals surface area (Å²) in [6.45, 7) is 4.33. The third kappa shape index (κ3) is 4.65. The third-order valence-electron chi connectivity index (χ3n) is 5.98. The zero-order chi connectivity index (χ0) is 25.6. The maximum atomic E-state index is 13.4. The Hall–Kier alpha value is -3.51. The Labute approximate surface area is 211 Å². The zero-order valence-electron chi connectivity index (χ0n) is 19.7. The van der Waals surface area contributed by atoms with Crippen LogP contribution in [0.5, 0.6) is 5.75 Å². The van der Waals surface area contributed by atoms with Gasteiger partial charge in [-0.2, -0.15) is 13.5 Å². The third-order valence-corrected chi connectivity index (χ3v) is 8.17. The number of aryl methyl sites for hydroxylation is 1. The molecule has 2 aliphatic rings. The van der Waals surface area contributed by atoms with Gasteiger partial charge in [0.05, 0.1) is 10.6 Å². The Balaban J connectivity index is 1.58. The number of sulfonamides is 1. The average Bonchev–Trinajstić information content (AvgIpc) is 3.54. The monoisotopic (exact) mass is 527 g/mol. The van der Waals surface area contributed by atoms with Gasteiger partial charge in [0.25, 0.3) is 15.6 Å². The molecule has 5 rings (SSSR count). The Bertz CT molecular complexity index is 1540. The molecule has 0 unspecified atom stereocenters. The minimum atomic E-state index is -4.24. The molecule has 3 heterocycles. The molecule has 1 aliphatic carbocycles. The zero-order valence-corrected chi connectivity index (χ0v) is 21.3. The fourth-order valence-corrected chi connectivity index (χ4v) is 5.68. The molecule has 1 amide bonds. The lowest BCUT2D eigenvalue weighted by Crippen LogP contribution is -2.34. The summed E-state index contributed by atoms with van der Waals surface area (Å²) in [5.74, 6) is -0.608. The molecule has 0 atom stereocenters. The van der Waals surface area contributed by atoms with Gasteiger partial charge in [-0.3, -0.25) is 9.59 Å². The second-order valence-electron chi connectivity index (χ2n) is 9.27. The first-order chi connectivity index (χ1) is 17.1. The lowest BCUT2D eigenvalue weighted by Gasteiger charge is -2.20. The Morgan fingerprint density at radius 3 is 2.75 bits per heavy atom. The molecule has 1 fully saturated rings. The van der Waals surface area contributed by atoms with Crippen LogP contribution in [0.25, 0.3) is 10.6 Å². The number of amides is 1. The summed E-state index contributed by atoms with van der Waals surface area (Å²) in [7, 11) is -4.24. The van der Waals surface area contributed by atoms with E-state index >= 15 is 0 Å². The van der Waals surface area contributed by atoms with E-state index in [9.17, 15) is 23.1 Å². The van der Waals surface area contributed by atoms with Crippen molar-refractivity contribution >= 4 is 44.5 Å². The van der Waals surface area contributed by atoms with Gasteiger partial charge in [-0.05, 0) is 54.8 Å². The number of rotatable bonds is 7. The summed E-state index contributed by atoms with van der Waals surface area (Å²) in [5, 5.41) is 22.9. The van der Waals surface area contributed by atoms with Crippen molar-refractivity contribution in [2.75, 3.05) is 10.6 Å². The van der Waals surface area contributed by atoms with Crippen molar-refractivity contribution in [1.29, 1.82) is 0 Å². The van der Waals surface area contributed by atoms with Gasteiger partial charge in [0.2, 0.25) is 5.91 Å². The van der Waals surface area contributed by atoms with Crippen LogP contribution in [-0.2, 0) is 21.4 Å². The summed E-state index contributed by atoms with van der Waals surface area (Å²) in [6.07, 6.45) is 2.31. The molecule has 188 valence electrons. The minimum Gasteiger partial charge on any atom is -0.505 e. The van der Waals surface area contributed by atoms with Crippen LogP contribution in [0.15, 0.2) is 49.8 Å². The number of amidine groups is 1. The van der Waals surface area contributed by atoms with Crippen molar-refractivity contribution in [3.63, 3.8) is 0 Å². The largest absolute Gasteiger partial charge is 0.505 e. The number of hydrogen-bond donors (Lipinski definition) is 3. The topological polar surface area (TPSA) is 143 Å². The Kier molecular flexibility index (Phi) is 6.17. The van der Waals surface area contributed by atoms with Gasteiger partial charge >= 0.3 is 0 Å². The maximum Gasteiger partial charge on any atom is 0.286 e. The number of thiophene rings is 1. The summed E-state index contributed by atoms with van der Waals surface area (Å²) >= 11 is 1.33. The summed E-state index contributed by atoms with van der Waals surface area (Å²) in [6, 6.07) is 7.96. The Morgan fingerprint density at radius 1 is 1.31 bits per heavy atom. The van der Waals surface area contributed by atoms with Crippen molar-refractivity contribution in [1.82, 2.24) is 9.78 Å². The number of carbonyl (C=O) groups excluding carboxylic acids is 1. The molecule has 10 nitrogen and oxygen atoms in total. The van der Waals surface area contributed by atoms with Crippen LogP contribution in [0, 0.1) is 11.8 Å². The molecule has 0 saturated heterocycles. The fourth-order valence-electron chi connectivity index (χ4n) is 3.82. The first-order valence-corrected chi connectivity index (χ1v) is 13.9. The van der Waals surface area contributed by atoms with E-state index in [0.717, 1.165) is 12.8 Å². The van der Waals surface area contributed by atoms with E-state index in [-0.39, 0.29) is 39.5 Å². The maximum absolute atomic E-state index is 13.4. The summed E-state index contributed by atoms with van der Waals surface area (Å²) in [5.41, 5.74) is -0.206. The SMILES string of the molecule is CC(C)CCn1nc(-c2cccs2)c(O)c(C2=NS(=O)(=O)c3cc(NC(=O)C4CC4)ccc3N2)c1=O. The smallest absolute Gasteiger partial charge is 0.286 e. The van der Waals surface area contributed by atoms with Crippen LogP contribution >= 0.6 is 11.3 Å². The molecule has 1 saturated carbocycles. The first kappa shape index (κ1) is 24.2. The van der Waals surface area contributed by atoms with Crippen molar-refractivity contribution in [2.24, 2.45) is 16.2 Å². The quantitative estimate of drug-likeness (QED) is 0.426. The van der Waals surface area contributed by atoms with E-state index in [1.807, 2.05) is 19.2 Å². The number of carbonyl (C=O) groups is 1. The number of nitrogens with zero attached hydrogens (tertiary/aromatic N) is 3. The second kappa shape index (κ2) is 9.17. The van der Waals surface area contributed by atoms with Crippen LogP contribution in [0.3, 0.4) is 0 Å². The molecule has 0 spiro atoms. The highest BCUT2D eigenvalue weighted by atomic mass is 32.2. The lowest BCUT2D eigenvalue weighted by atomic mass is 10.1. The standard InChI is InChI=1S/C24H25N5O5S2/c1-13(2)9-10-29-24(32)19(21(30)20(27-29)17-4-3-11-35-17)22-26-16-8-7-15(25-23(31)14-5-6-14)12-18(16)36(33,34)28-22/h3-4,7-8,11-14,30H,5-6,9-10H2,1-2H3,(H,25,31)(H,26,28). The van der Waals surface area contributed by atoms with Crippen molar-refractivity contribution in [3.05, 3.63) is 51.6 Å². The molecule has 3 aromatic rings. The second-order valence-corrected chi connectivity index (χ2v) is 11.8. The van der Waals surface area contributed by atoms with Crippen molar-refractivity contribution in [3.8, 4) is 16.3 Å². The van der Waals surface area contributed by atoms with Crippen LogP contribution in [0.1, 0.15) is 38.7 Å². The predicted molar refractivity (Wildman–Crippen MR) is 138 cm³/mol. The molecule has 36 heavy (non-hydrogen) atoms. The van der Waals surface area contributed by atoms with Crippen LogP contribution < -0.4 is 16.2 Å². The molecular formula is C24H25N5O5S2. The molecule has 0 radical (unpaired) electrons. The number of nitrogens with one attached hydrogen (secondary N) is 2. The van der Waals surface area contributed by atoms with E-state index in [0.29, 0.717) is 29.4 Å². The molecule has 1 aromatic carbocycles. The highest BCUT2D eigenvalue weighted by Gasteiger charge is 2.32. The fraction of sp³-hybridized carbons (Fsp3) is 0.333. The Morgan fingerprint density at radius 2 is 2.08 bits per heavy atom. The predicted octanol–water partition coefficient (Wildman–Crippen LogP) is 3.63. The first-order valence-electron chi connectivity index (χ1n) is 11.6. The van der Waals surface area contributed by atoms with Gasteiger partial charge in [-0.15, -0.1) is 15.7 Å². The van der Waals surface area contributed by atoms with Crippen molar-refractivity contribution in [2.45, 2.75) is 44.6 Å². The van der Waals surface area contributed by atoms with E-state index in [1.54, 1.807) is 18.2 Å². The van der Waals surface area contributed by atoms with Gasteiger partial charge in [0, 0.05) is 18.2 Å². The average molecular weight is 528 g/mol. The van der Waals surface area contributed by atoms with Gasteiger partial charge in [-0.1, -0.05) is 19.9 Å². The number of anilines is 2. The summed E-state index contributed by atoms with van der Waals surface area (Å²) < 4.78 is 31.4. The van der Waals surface area contributed by atoms with Crippen LogP contribution in [0.4, 0.5) is 11.4 Å². The number of hydrogen-bond acceptors (Lipinski definition) is 8. The van der Waals surface area contributed by atoms with E-state index in [4.69, 9.17) is 0 Å². The summed E-state index contributed by atoms with van der Waals surface area (Å²) in [4.78, 5) is 26.0. The molecule has 3 N–H and O–H groups in total. The molecule has 2 aromatic heterocycles. The van der Waals surface area contributed by atoms with Crippen LogP contribution in [0.2, 0.25) is 0 Å².